The van der Waals surface area contributed by atoms with Crippen LogP contribution in [0.5, 0.6) is 0 Å². The highest BCUT2D eigenvalue weighted by Crippen LogP contribution is 2.19. The minimum atomic E-state index is -0.0768. The Morgan fingerprint density at radius 1 is 1.08 bits per heavy atom. The number of likely N-dealkylation sites (tertiary alicyclic amines) is 1. The first-order valence-corrected chi connectivity index (χ1v) is 8.92. The highest BCUT2D eigenvalue weighted by atomic mass is 16.3. The van der Waals surface area contributed by atoms with Gasteiger partial charge in [0.25, 0.3) is 0 Å². The summed E-state index contributed by atoms with van der Waals surface area (Å²) in [6, 6.07) is 12.8. The summed E-state index contributed by atoms with van der Waals surface area (Å²) in [6.07, 6.45) is 6.59. The minimum Gasteiger partial charge on any atom is -0.393 e. The van der Waals surface area contributed by atoms with E-state index in [1.54, 1.807) is 0 Å². The van der Waals surface area contributed by atoms with Crippen molar-refractivity contribution in [3.8, 4) is 11.1 Å². The molecule has 0 spiro atoms. The van der Waals surface area contributed by atoms with Gasteiger partial charge in [0.05, 0.1) is 6.10 Å². The van der Waals surface area contributed by atoms with Crippen molar-refractivity contribution in [1.29, 1.82) is 0 Å². The summed E-state index contributed by atoms with van der Waals surface area (Å²) >= 11 is 0. The zero-order chi connectivity index (χ0) is 16.6. The Kier molecular flexibility index (Phi) is 6.35. The van der Waals surface area contributed by atoms with Gasteiger partial charge in [-0.25, -0.2) is 0 Å². The predicted octanol–water partition coefficient (Wildman–Crippen LogP) is 2.69. The van der Waals surface area contributed by atoms with Crippen LogP contribution in [0.4, 0.5) is 0 Å². The fraction of sp³-hybridized carbons (Fsp3) is 0.450. The third kappa shape index (κ3) is 5.13. The summed E-state index contributed by atoms with van der Waals surface area (Å²) in [5, 5.41) is 13.1. The third-order valence-corrected chi connectivity index (χ3v) is 4.65. The van der Waals surface area contributed by atoms with Crippen LogP contribution in [-0.4, -0.2) is 47.3 Å². The first-order valence-electron chi connectivity index (χ1n) is 8.92. The van der Waals surface area contributed by atoms with Gasteiger partial charge in [0.15, 0.2) is 0 Å². The van der Waals surface area contributed by atoms with Gasteiger partial charge in [-0.05, 0) is 67.2 Å². The van der Waals surface area contributed by atoms with Crippen LogP contribution >= 0.6 is 0 Å². The summed E-state index contributed by atoms with van der Waals surface area (Å²) in [6.45, 7) is 5.12. The van der Waals surface area contributed by atoms with Crippen molar-refractivity contribution < 1.29 is 5.11 Å². The van der Waals surface area contributed by atoms with E-state index in [2.05, 4.69) is 39.5 Å². The molecule has 0 radical (unpaired) electrons. The van der Waals surface area contributed by atoms with Gasteiger partial charge < -0.3 is 15.3 Å². The summed E-state index contributed by atoms with van der Waals surface area (Å²) in [7, 11) is 0. The maximum Gasteiger partial charge on any atom is 0.0564 e. The molecule has 0 aliphatic carbocycles. The van der Waals surface area contributed by atoms with Crippen LogP contribution in [-0.2, 0) is 6.54 Å². The zero-order valence-corrected chi connectivity index (χ0v) is 14.2. The molecular weight excluding hydrogens is 298 g/mol. The number of aromatic nitrogens is 1. The van der Waals surface area contributed by atoms with Crippen molar-refractivity contribution in [3.63, 3.8) is 0 Å². The van der Waals surface area contributed by atoms with Gasteiger partial charge in [0.2, 0.25) is 0 Å². The summed E-state index contributed by atoms with van der Waals surface area (Å²) in [5.41, 5.74) is 3.76. The molecule has 4 heteroatoms. The number of nitrogens with zero attached hydrogens (tertiary/aromatic N) is 2. The average molecular weight is 325 g/mol. The quantitative estimate of drug-likeness (QED) is 0.769. The Morgan fingerprint density at radius 3 is 2.67 bits per heavy atom. The lowest BCUT2D eigenvalue weighted by molar-refractivity contribution is 0.0821. The van der Waals surface area contributed by atoms with E-state index < -0.39 is 0 Å². The van der Waals surface area contributed by atoms with Crippen molar-refractivity contribution in [2.75, 3.05) is 26.2 Å². The highest BCUT2D eigenvalue weighted by Gasteiger charge is 2.15. The number of pyridine rings is 1. The second-order valence-corrected chi connectivity index (χ2v) is 6.54. The van der Waals surface area contributed by atoms with Crippen LogP contribution in [0, 0.1) is 0 Å². The Labute approximate surface area is 144 Å². The summed E-state index contributed by atoms with van der Waals surface area (Å²) in [5.74, 6) is 0. The number of benzene rings is 1. The number of aliphatic hydroxyl groups is 1. The van der Waals surface area contributed by atoms with Gasteiger partial charge >= 0.3 is 0 Å². The second kappa shape index (κ2) is 8.92. The topological polar surface area (TPSA) is 48.4 Å². The van der Waals surface area contributed by atoms with Crippen LogP contribution in [0.2, 0.25) is 0 Å². The molecule has 24 heavy (non-hydrogen) atoms. The minimum absolute atomic E-state index is 0.0768. The molecule has 0 amide bonds. The van der Waals surface area contributed by atoms with Crippen LogP contribution in [0.3, 0.4) is 0 Å². The van der Waals surface area contributed by atoms with Gasteiger partial charge in [0.1, 0.15) is 0 Å². The van der Waals surface area contributed by atoms with E-state index in [9.17, 15) is 5.11 Å². The van der Waals surface area contributed by atoms with E-state index in [1.165, 1.54) is 16.7 Å². The lowest BCUT2D eigenvalue weighted by Crippen LogP contribution is -2.37. The van der Waals surface area contributed by atoms with E-state index in [0.29, 0.717) is 0 Å². The molecule has 1 aliphatic heterocycles. The van der Waals surface area contributed by atoms with E-state index >= 15 is 0 Å². The molecule has 1 saturated heterocycles. The molecule has 0 unspecified atom stereocenters. The monoisotopic (exact) mass is 325 g/mol. The lowest BCUT2D eigenvalue weighted by atomic mass is 10.0. The van der Waals surface area contributed by atoms with Crippen molar-refractivity contribution >= 4 is 0 Å². The first-order chi connectivity index (χ1) is 11.8. The Bertz CT molecular complexity index is 609. The molecule has 1 aromatic heterocycles. The fourth-order valence-electron chi connectivity index (χ4n) is 3.21. The molecule has 4 nitrogen and oxygen atoms in total. The molecule has 1 aliphatic rings. The standard InChI is InChI=1S/C20H27N3O/c24-20-7-13-23(14-8-20)12-2-9-22-16-17-3-1-4-19(15-17)18-5-10-21-11-6-18/h1,3-6,10-11,15,20,22,24H,2,7-9,12-14,16H2. The van der Waals surface area contributed by atoms with E-state index in [1.807, 2.05) is 24.5 Å². The SMILES string of the molecule is OC1CCN(CCCNCc2cccc(-c3ccncc3)c2)CC1. The van der Waals surface area contributed by atoms with Crippen molar-refractivity contribution in [1.82, 2.24) is 15.2 Å². The fourth-order valence-corrected chi connectivity index (χ4v) is 3.21. The molecular formula is C20H27N3O. The number of rotatable bonds is 7. The van der Waals surface area contributed by atoms with Crippen molar-refractivity contribution in [2.24, 2.45) is 0 Å². The molecule has 0 bridgehead atoms. The van der Waals surface area contributed by atoms with E-state index in [4.69, 9.17) is 0 Å². The normalized spacial score (nSPS) is 16.4. The largest absolute Gasteiger partial charge is 0.393 e. The highest BCUT2D eigenvalue weighted by molar-refractivity contribution is 5.63. The van der Waals surface area contributed by atoms with Crippen LogP contribution in [0.15, 0.2) is 48.8 Å². The Morgan fingerprint density at radius 2 is 1.88 bits per heavy atom. The Hall–Kier alpha value is -1.75. The number of hydrogen-bond donors (Lipinski definition) is 2. The number of nitrogens with one attached hydrogen (secondary N) is 1. The van der Waals surface area contributed by atoms with Gasteiger partial charge in [-0.2, -0.15) is 0 Å². The molecule has 128 valence electrons. The molecule has 2 heterocycles. The molecule has 1 aromatic carbocycles. The maximum atomic E-state index is 9.52. The average Bonchev–Trinajstić information content (AvgIpc) is 2.64. The number of piperidine rings is 1. The lowest BCUT2D eigenvalue weighted by Gasteiger charge is -2.29. The molecule has 2 aromatic rings. The van der Waals surface area contributed by atoms with Gasteiger partial charge in [0, 0.05) is 32.0 Å². The second-order valence-electron chi connectivity index (χ2n) is 6.54. The van der Waals surface area contributed by atoms with Crippen LogP contribution in [0.25, 0.3) is 11.1 Å². The molecule has 0 saturated carbocycles. The molecule has 0 atom stereocenters. The third-order valence-electron chi connectivity index (χ3n) is 4.65. The first kappa shape index (κ1) is 17.1. The molecule has 1 fully saturated rings. The van der Waals surface area contributed by atoms with Gasteiger partial charge in [-0.15, -0.1) is 0 Å². The van der Waals surface area contributed by atoms with Gasteiger partial charge in [-0.3, -0.25) is 4.98 Å². The van der Waals surface area contributed by atoms with Crippen molar-refractivity contribution in [2.45, 2.75) is 31.9 Å². The van der Waals surface area contributed by atoms with Gasteiger partial charge in [-0.1, -0.05) is 18.2 Å². The predicted molar refractivity (Wildman–Crippen MR) is 97.7 cm³/mol. The van der Waals surface area contributed by atoms with E-state index in [-0.39, 0.29) is 6.10 Å². The van der Waals surface area contributed by atoms with E-state index in [0.717, 1.165) is 52.0 Å². The maximum absolute atomic E-state index is 9.52. The number of aliphatic hydroxyl groups excluding tert-OH is 1. The van der Waals surface area contributed by atoms with Crippen LogP contribution < -0.4 is 5.32 Å². The summed E-state index contributed by atoms with van der Waals surface area (Å²) < 4.78 is 0. The molecule has 3 rings (SSSR count). The smallest absolute Gasteiger partial charge is 0.0564 e. The Balaban J connectivity index is 1.39. The zero-order valence-electron chi connectivity index (χ0n) is 14.2. The summed E-state index contributed by atoms with van der Waals surface area (Å²) in [4.78, 5) is 6.53. The molecule has 2 N–H and O–H groups in total. The number of hydrogen-bond acceptors (Lipinski definition) is 4. The van der Waals surface area contributed by atoms with Crippen LogP contribution in [0.1, 0.15) is 24.8 Å². The van der Waals surface area contributed by atoms with Crippen molar-refractivity contribution in [3.05, 3.63) is 54.4 Å².